The summed E-state index contributed by atoms with van der Waals surface area (Å²) < 4.78 is 0. The number of halogens is 1. The van der Waals surface area contributed by atoms with Crippen LogP contribution in [0.1, 0.15) is 19.3 Å². The van der Waals surface area contributed by atoms with Crippen molar-refractivity contribution in [3.8, 4) is 0 Å². The molecule has 0 amide bonds. The maximum absolute atomic E-state index is 10.6. The van der Waals surface area contributed by atoms with E-state index in [2.05, 4.69) is 0 Å². The average molecular weight is 192 g/mol. The summed E-state index contributed by atoms with van der Waals surface area (Å²) in [4.78, 5) is 10.6. The van der Waals surface area contributed by atoms with Crippen LogP contribution < -0.4 is 5.73 Å². The molecule has 0 saturated heterocycles. The molecule has 2 rings (SSSR count). The lowest BCUT2D eigenvalue weighted by atomic mass is 9.72. The summed E-state index contributed by atoms with van der Waals surface area (Å²) in [5, 5.41) is 8.72. The van der Waals surface area contributed by atoms with Gasteiger partial charge in [0.05, 0.1) is 5.92 Å². The zero-order valence-electron chi connectivity index (χ0n) is 6.77. The molecule has 0 bridgehead atoms. The van der Waals surface area contributed by atoms with E-state index in [1.807, 2.05) is 0 Å². The number of hydrogen-bond acceptors (Lipinski definition) is 2. The molecule has 0 aromatic rings. The lowest BCUT2D eigenvalue weighted by molar-refractivity contribution is -0.141. The number of rotatable bonds is 1. The third-order valence-corrected chi connectivity index (χ3v) is 3.22. The van der Waals surface area contributed by atoms with Gasteiger partial charge in [0.25, 0.3) is 0 Å². The lowest BCUT2D eigenvalue weighted by Gasteiger charge is -2.37. The second-order valence-corrected chi connectivity index (χ2v) is 3.83. The molecule has 3 N–H and O–H groups in total. The topological polar surface area (TPSA) is 63.3 Å². The molecule has 70 valence electrons. The van der Waals surface area contributed by atoms with E-state index in [9.17, 15) is 4.79 Å². The quantitative estimate of drug-likeness (QED) is 0.647. The molecule has 2 saturated carbocycles. The molecule has 2 aliphatic rings. The molecule has 4 atom stereocenters. The summed E-state index contributed by atoms with van der Waals surface area (Å²) in [5.74, 6) is 0.423. The Bertz CT molecular complexity index is 197. The second kappa shape index (κ2) is 3.23. The summed E-state index contributed by atoms with van der Waals surface area (Å²) in [6.07, 6.45) is 2.74. The fourth-order valence-corrected chi connectivity index (χ4v) is 2.48. The summed E-state index contributed by atoms with van der Waals surface area (Å²) in [5.41, 5.74) is 5.73. The van der Waals surface area contributed by atoms with Crippen molar-refractivity contribution in [3.05, 3.63) is 0 Å². The number of hydrogen-bond donors (Lipinski definition) is 2. The first-order chi connectivity index (χ1) is 5.18. The van der Waals surface area contributed by atoms with E-state index < -0.39 is 5.97 Å². The fraction of sp³-hybridized carbons (Fsp3) is 0.875. The molecular weight excluding hydrogens is 178 g/mol. The van der Waals surface area contributed by atoms with Crippen LogP contribution in [0.2, 0.25) is 0 Å². The molecule has 2 aliphatic carbocycles. The van der Waals surface area contributed by atoms with Crippen LogP contribution in [0, 0.1) is 17.8 Å². The molecule has 12 heavy (non-hydrogen) atoms. The Hall–Kier alpha value is -0.280. The van der Waals surface area contributed by atoms with Crippen molar-refractivity contribution < 1.29 is 9.90 Å². The molecule has 0 spiro atoms. The number of fused-ring (bicyclic) bond motifs is 1. The van der Waals surface area contributed by atoms with Crippen LogP contribution in [-0.2, 0) is 4.79 Å². The van der Waals surface area contributed by atoms with Crippen molar-refractivity contribution >= 4 is 18.4 Å². The first-order valence-corrected chi connectivity index (χ1v) is 4.17. The number of carboxylic acids is 1. The van der Waals surface area contributed by atoms with E-state index in [0.717, 1.165) is 19.3 Å². The van der Waals surface area contributed by atoms with Gasteiger partial charge < -0.3 is 10.8 Å². The Morgan fingerprint density at radius 2 is 2.00 bits per heavy atom. The SMILES string of the molecule is Cl.N[C@@H]1C[C@@H]2C[C@@H](C(=O)O)C[C@@H]21. The number of nitrogens with two attached hydrogens (primary N) is 1. The van der Waals surface area contributed by atoms with Crippen LogP contribution in [0.3, 0.4) is 0 Å². The van der Waals surface area contributed by atoms with E-state index in [1.54, 1.807) is 0 Å². The van der Waals surface area contributed by atoms with Gasteiger partial charge in [-0.15, -0.1) is 12.4 Å². The molecule has 0 aromatic carbocycles. The van der Waals surface area contributed by atoms with Gasteiger partial charge in [-0.05, 0) is 31.1 Å². The van der Waals surface area contributed by atoms with Crippen molar-refractivity contribution in [2.45, 2.75) is 25.3 Å². The number of carbonyl (C=O) groups is 1. The van der Waals surface area contributed by atoms with Crippen molar-refractivity contribution in [1.82, 2.24) is 0 Å². The predicted molar refractivity (Wildman–Crippen MR) is 47.2 cm³/mol. The highest BCUT2D eigenvalue weighted by Gasteiger charge is 2.47. The zero-order valence-corrected chi connectivity index (χ0v) is 7.59. The van der Waals surface area contributed by atoms with Crippen molar-refractivity contribution in [3.63, 3.8) is 0 Å². The van der Waals surface area contributed by atoms with E-state index in [4.69, 9.17) is 10.8 Å². The Kier molecular flexibility index (Phi) is 2.64. The predicted octanol–water partition coefficient (Wildman–Crippen LogP) is 0.866. The van der Waals surface area contributed by atoms with Crippen LogP contribution in [-0.4, -0.2) is 17.1 Å². The first-order valence-electron chi connectivity index (χ1n) is 4.17. The normalized spacial score (nSPS) is 44.1. The summed E-state index contributed by atoms with van der Waals surface area (Å²) in [6.45, 7) is 0. The van der Waals surface area contributed by atoms with Gasteiger partial charge in [-0.2, -0.15) is 0 Å². The fourth-order valence-electron chi connectivity index (χ4n) is 2.48. The highest BCUT2D eigenvalue weighted by molar-refractivity contribution is 5.85. The van der Waals surface area contributed by atoms with Crippen molar-refractivity contribution in [2.24, 2.45) is 23.5 Å². The number of carboxylic acid groups (broad SMARTS) is 1. The van der Waals surface area contributed by atoms with Crippen LogP contribution in [0.25, 0.3) is 0 Å². The highest BCUT2D eigenvalue weighted by Crippen LogP contribution is 2.48. The third kappa shape index (κ3) is 1.31. The first kappa shape index (κ1) is 9.81. The van der Waals surface area contributed by atoms with E-state index in [-0.39, 0.29) is 18.3 Å². The highest BCUT2D eigenvalue weighted by atomic mass is 35.5. The van der Waals surface area contributed by atoms with Crippen LogP contribution in [0.4, 0.5) is 0 Å². The molecule has 0 heterocycles. The van der Waals surface area contributed by atoms with Gasteiger partial charge in [0.1, 0.15) is 0 Å². The molecular formula is C8H14ClNO2. The standard InChI is InChI=1S/C8H13NO2.ClH/c9-7-3-4-1-5(8(10)11)2-6(4)7;/h4-7H,1-3,9H2,(H,10,11);1H/t4-,5+,6-,7+;/m0./s1. The second-order valence-electron chi connectivity index (χ2n) is 3.83. The Labute approximate surface area is 77.7 Å². The Morgan fingerprint density at radius 3 is 2.42 bits per heavy atom. The van der Waals surface area contributed by atoms with E-state index >= 15 is 0 Å². The molecule has 3 nitrogen and oxygen atoms in total. The van der Waals surface area contributed by atoms with Crippen molar-refractivity contribution in [2.75, 3.05) is 0 Å². The van der Waals surface area contributed by atoms with Gasteiger partial charge in [0, 0.05) is 6.04 Å². The monoisotopic (exact) mass is 191 g/mol. The molecule has 0 unspecified atom stereocenters. The van der Waals surface area contributed by atoms with Gasteiger partial charge >= 0.3 is 5.97 Å². The smallest absolute Gasteiger partial charge is 0.306 e. The van der Waals surface area contributed by atoms with Gasteiger partial charge in [-0.1, -0.05) is 0 Å². The van der Waals surface area contributed by atoms with Gasteiger partial charge in [0.15, 0.2) is 0 Å². The lowest BCUT2D eigenvalue weighted by Crippen LogP contribution is -2.44. The summed E-state index contributed by atoms with van der Waals surface area (Å²) in [6, 6.07) is 0.296. The summed E-state index contributed by atoms with van der Waals surface area (Å²) >= 11 is 0. The van der Waals surface area contributed by atoms with Crippen LogP contribution in [0.5, 0.6) is 0 Å². The van der Waals surface area contributed by atoms with Gasteiger partial charge in [0.2, 0.25) is 0 Å². The van der Waals surface area contributed by atoms with E-state index in [1.165, 1.54) is 0 Å². The minimum absolute atomic E-state index is 0. The van der Waals surface area contributed by atoms with Gasteiger partial charge in [-0.3, -0.25) is 4.79 Å². The summed E-state index contributed by atoms with van der Waals surface area (Å²) in [7, 11) is 0. The molecule has 0 aromatic heterocycles. The van der Waals surface area contributed by atoms with Gasteiger partial charge in [-0.25, -0.2) is 0 Å². The van der Waals surface area contributed by atoms with Crippen LogP contribution in [0.15, 0.2) is 0 Å². The average Bonchev–Trinajstić information content (AvgIpc) is 2.26. The Morgan fingerprint density at radius 1 is 1.33 bits per heavy atom. The largest absolute Gasteiger partial charge is 0.481 e. The Balaban J connectivity index is 0.000000720. The van der Waals surface area contributed by atoms with Crippen LogP contribution >= 0.6 is 12.4 Å². The van der Waals surface area contributed by atoms with E-state index in [0.29, 0.717) is 17.9 Å². The maximum Gasteiger partial charge on any atom is 0.306 e. The molecule has 0 radical (unpaired) electrons. The molecule has 0 aliphatic heterocycles. The van der Waals surface area contributed by atoms with Crippen molar-refractivity contribution in [1.29, 1.82) is 0 Å². The number of aliphatic carboxylic acids is 1. The molecule has 2 fully saturated rings. The zero-order chi connectivity index (χ0) is 8.01. The third-order valence-electron chi connectivity index (χ3n) is 3.22. The maximum atomic E-state index is 10.6. The molecule has 4 heteroatoms. The minimum atomic E-state index is -0.633. The minimum Gasteiger partial charge on any atom is -0.481 e.